The lowest BCUT2D eigenvalue weighted by Gasteiger charge is -2.23. The van der Waals surface area contributed by atoms with Gasteiger partial charge in [-0.2, -0.15) is 0 Å². The van der Waals surface area contributed by atoms with Crippen molar-refractivity contribution in [3.8, 4) is 11.5 Å². The number of unbranched alkanes of at least 4 members (excludes halogenated alkanes) is 3. The molecule has 1 fully saturated rings. The molecule has 0 atom stereocenters. The molecule has 0 aromatic heterocycles. The van der Waals surface area contributed by atoms with Crippen LogP contribution in [-0.2, 0) is 28.6 Å². The maximum Gasteiger partial charge on any atom is 0.330 e. The van der Waals surface area contributed by atoms with Gasteiger partial charge in [-0.1, -0.05) is 6.58 Å². The van der Waals surface area contributed by atoms with E-state index in [0.717, 1.165) is 69.2 Å². The van der Waals surface area contributed by atoms with Crippen LogP contribution in [0.1, 0.15) is 58.3 Å². The van der Waals surface area contributed by atoms with Crippen molar-refractivity contribution in [2.24, 2.45) is 11.8 Å². The molecule has 0 spiro atoms. The number of rotatable bonds is 15. The monoisotopic (exact) mass is 492 g/mol. The summed E-state index contributed by atoms with van der Waals surface area (Å²) in [6.45, 7) is 6.94. The maximum atomic E-state index is 11.5. The zero-order valence-corrected chi connectivity index (χ0v) is 21.1. The fourth-order valence-corrected chi connectivity index (χ4v) is 3.44. The van der Waals surface area contributed by atoms with Crippen LogP contribution in [0.25, 0.3) is 0 Å². The van der Waals surface area contributed by atoms with Gasteiger partial charge < -0.3 is 28.5 Å². The van der Waals surface area contributed by atoms with Crippen molar-refractivity contribution in [3.63, 3.8) is 0 Å². The zero-order valence-electron chi connectivity index (χ0n) is 21.1. The minimum atomic E-state index is -0.354. The first-order chi connectivity index (χ1) is 17.0. The highest BCUT2D eigenvalue weighted by Gasteiger charge is 2.26. The molecule has 0 radical (unpaired) electrons. The van der Waals surface area contributed by atoms with E-state index in [0.29, 0.717) is 19.8 Å². The molecule has 35 heavy (non-hydrogen) atoms. The molecule has 0 bridgehead atoms. The largest absolute Gasteiger partial charge is 0.497 e. The minimum Gasteiger partial charge on any atom is -0.497 e. The number of benzene rings is 1. The van der Waals surface area contributed by atoms with Crippen LogP contribution in [0, 0.1) is 11.8 Å². The Balaban J connectivity index is 0.000000365. The predicted molar refractivity (Wildman–Crippen MR) is 132 cm³/mol. The van der Waals surface area contributed by atoms with Gasteiger partial charge in [-0.05, 0) is 82.6 Å². The zero-order chi connectivity index (χ0) is 25.7. The predicted octanol–water partition coefficient (Wildman–Crippen LogP) is 4.89. The van der Waals surface area contributed by atoms with Crippen LogP contribution in [0.15, 0.2) is 36.9 Å². The Kier molecular flexibility index (Phi) is 16.8. The summed E-state index contributed by atoms with van der Waals surface area (Å²) in [5.74, 6) is 1.24. The van der Waals surface area contributed by atoms with Gasteiger partial charge in [-0.15, -0.1) is 0 Å². The van der Waals surface area contributed by atoms with Gasteiger partial charge in [0, 0.05) is 18.6 Å². The smallest absolute Gasteiger partial charge is 0.330 e. The second-order valence-corrected chi connectivity index (χ2v) is 8.13. The molecule has 1 aromatic carbocycles. The number of methoxy groups -OCH3 is 1. The molecular weight excluding hydrogens is 452 g/mol. The third-order valence-electron chi connectivity index (χ3n) is 5.56. The van der Waals surface area contributed by atoms with Gasteiger partial charge >= 0.3 is 11.9 Å². The standard InChI is InChI=1S/C16H22O4.C11H18O4/c1-3-16(17)20-13-7-5-4-6-12-19-15-10-8-14(18-2)9-11-15;1-2-14-8-15-11(13)10-5-3-9(7-12)4-6-10/h3,8-11H,1,4-7,12-13H2,2H3;7,9-10H,2-6,8H2,1H3. The number of carbonyl (C=O) groups excluding carboxylic acids is 3. The third-order valence-corrected chi connectivity index (χ3v) is 5.56. The molecular formula is C27H40O8. The highest BCUT2D eigenvalue weighted by molar-refractivity contribution is 5.81. The van der Waals surface area contributed by atoms with Crippen LogP contribution in [0.4, 0.5) is 0 Å². The van der Waals surface area contributed by atoms with Crippen molar-refractivity contribution >= 4 is 18.2 Å². The summed E-state index contributed by atoms with van der Waals surface area (Å²) in [5, 5.41) is 0. The van der Waals surface area contributed by atoms with Crippen LogP contribution in [0.3, 0.4) is 0 Å². The number of ether oxygens (including phenoxy) is 5. The number of esters is 2. The first-order valence-corrected chi connectivity index (χ1v) is 12.3. The molecule has 8 heteroatoms. The second kappa shape index (κ2) is 19.4. The molecule has 8 nitrogen and oxygen atoms in total. The van der Waals surface area contributed by atoms with Crippen molar-refractivity contribution < 1.29 is 38.1 Å². The van der Waals surface area contributed by atoms with Gasteiger partial charge in [0.1, 0.15) is 17.8 Å². The summed E-state index contributed by atoms with van der Waals surface area (Å²) in [5.41, 5.74) is 0. The van der Waals surface area contributed by atoms with E-state index in [1.807, 2.05) is 31.2 Å². The van der Waals surface area contributed by atoms with E-state index < -0.39 is 0 Å². The fourth-order valence-electron chi connectivity index (χ4n) is 3.44. The summed E-state index contributed by atoms with van der Waals surface area (Å²) in [7, 11) is 1.64. The fraction of sp³-hybridized carbons (Fsp3) is 0.593. The van der Waals surface area contributed by atoms with Gasteiger partial charge in [0.25, 0.3) is 0 Å². The van der Waals surface area contributed by atoms with Crippen molar-refractivity contribution in [1.82, 2.24) is 0 Å². The van der Waals surface area contributed by atoms with Crippen LogP contribution in [0.2, 0.25) is 0 Å². The lowest BCUT2D eigenvalue weighted by molar-refractivity contribution is -0.162. The van der Waals surface area contributed by atoms with Crippen molar-refractivity contribution in [1.29, 1.82) is 0 Å². The topological polar surface area (TPSA) is 97.4 Å². The Morgan fingerprint density at radius 1 is 0.943 bits per heavy atom. The summed E-state index contributed by atoms with van der Waals surface area (Å²) >= 11 is 0. The molecule has 1 aliphatic rings. The molecule has 196 valence electrons. The van der Waals surface area contributed by atoms with E-state index in [2.05, 4.69) is 6.58 Å². The first kappa shape index (κ1) is 30.2. The summed E-state index contributed by atoms with van der Waals surface area (Å²) in [4.78, 5) is 32.8. The van der Waals surface area contributed by atoms with Crippen LogP contribution in [0.5, 0.6) is 11.5 Å². The third kappa shape index (κ3) is 14.2. The highest BCUT2D eigenvalue weighted by atomic mass is 16.7. The molecule has 1 saturated carbocycles. The molecule has 1 aromatic rings. The Bertz CT molecular complexity index is 723. The van der Waals surface area contributed by atoms with Crippen molar-refractivity contribution in [2.45, 2.75) is 58.3 Å². The molecule has 0 saturated heterocycles. The lowest BCUT2D eigenvalue weighted by Crippen LogP contribution is -2.24. The van der Waals surface area contributed by atoms with Crippen molar-refractivity contribution in [2.75, 3.05) is 33.7 Å². The van der Waals surface area contributed by atoms with Gasteiger partial charge in [-0.25, -0.2) is 4.79 Å². The molecule has 1 aliphatic carbocycles. The van der Waals surface area contributed by atoms with E-state index in [9.17, 15) is 14.4 Å². The van der Waals surface area contributed by atoms with Crippen LogP contribution < -0.4 is 9.47 Å². The van der Waals surface area contributed by atoms with E-state index in [1.165, 1.54) is 6.08 Å². The average molecular weight is 493 g/mol. The van der Waals surface area contributed by atoms with Gasteiger partial charge in [0.2, 0.25) is 0 Å². The van der Waals surface area contributed by atoms with E-state index in [-0.39, 0.29) is 30.6 Å². The van der Waals surface area contributed by atoms with Gasteiger partial charge in [0.05, 0.1) is 26.2 Å². The maximum absolute atomic E-state index is 11.5. The SMILES string of the molecule is C=CC(=O)OCCCCCCOc1ccc(OC)cc1.CCOCOC(=O)C1CCC(C=O)CC1. The molecule has 2 rings (SSSR count). The average Bonchev–Trinajstić information content (AvgIpc) is 2.90. The minimum absolute atomic E-state index is 0.0401. The van der Waals surface area contributed by atoms with E-state index in [4.69, 9.17) is 23.7 Å². The van der Waals surface area contributed by atoms with Crippen molar-refractivity contribution in [3.05, 3.63) is 36.9 Å². The van der Waals surface area contributed by atoms with Crippen LogP contribution in [-0.4, -0.2) is 51.9 Å². The highest BCUT2D eigenvalue weighted by Crippen LogP contribution is 2.28. The Hall–Kier alpha value is -2.87. The molecule has 0 aliphatic heterocycles. The Labute approximate surface area is 208 Å². The number of hydrogen-bond acceptors (Lipinski definition) is 8. The normalized spacial score (nSPS) is 16.7. The van der Waals surface area contributed by atoms with Crippen LogP contribution >= 0.6 is 0 Å². The number of hydrogen-bond donors (Lipinski definition) is 0. The molecule has 0 N–H and O–H groups in total. The number of carbonyl (C=O) groups is 3. The molecule has 0 amide bonds. The number of aldehydes is 1. The summed E-state index contributed by atoms with van der Waals surface area (Å²) in [6, 6.07) is 7.55. The Morgan fingerprint density at radius 2 is 1.57 bits per heavy atom. The lowest BCUT2D eigenvalue weighted by atomic mass is 9.83. The molecule has 0 unspecified atom stereocenters. The summed E-state index contributed by atoms with van der Waals surface area (Å²) in [6.07, 6.45) is 9.24. The quantitative estimate of drug-likeness (QED) is 0.112. The Morgan fingerprint density at radius 3 is 2.14 bits per heavy atom. The van der Waals surface area contributed by atoms with E-state index in [1.54, 1.807) is 7.11 Å². The van der Waals surface area contributed by atoms with Gasteiger partial charge in [-0.3, -0.25) is 4.79 Å². The van der Waals surface area contributed by atoms with E-state index >= 15 is 0 Å². The molecule has 0 heterocycles. The first-order valence-electron chi connectivity index (χ1n) is 12.3. The second-order valence-electron chi connectivity index (χ2n) is 8.13. The summed E-state index contributed by atoms with van der Waals surface area (Å²) < 4.78 is 25.5. The van der Waals surface area contributed by atoms with Gasteiger partial charge in [0.15, 0.2) is 6.79 Å².